The molecule has 0 saturated heterocycles. The second-order valence-corrected chi connectivity index (χ2v) is 7.62. The summed E-state index contributed by atoms with van der Waals surface area (Å²) < 4.78 is 0. The van der Waals surface area contributed by atoms with Crippen LogP contribution in [0.3, 0.4) is 0 Å². The van der Waals surface area contributed by atoms with Crippen LogP contribution in [0.4, 0.5) is 0 Å². The minimum Gasteiger partial charge on any atom is -0.354 e. The second kappa shape index (κ2) is 7.29. The van der Waals surface area contributed by atoms with Crippen LogP contribution in [0, 0.1) is 0 Å². The van der Waals surface area contributed by atoms with Crippen LogP contribution in [0.15, 0.2) is 66.0 Å². The lowest BCUT2D eigenvalue weighted by Crippen LogP contribution is -2.53. The Morgan fingerprint density at radius 3 is 1.97 bits per heavy atom. The smallest absolute Gasteiger partial charge is 0.254 e. The van der Waals surface area contributed by atoms with Crippen molar-refractivity contribution in [3.8, 4) is 0 Å². The SMILES string of the molecule is CN(C)CCN1C(=O)C(c2ccccc2)N(C)C2=C1C(=O)c1ccccc1C2=O. The molecular formula is C23H23N3O3. The van der Waals surface area contributed by atoms with Crippen molar-refractivity contribution in [3.05, 3.63) is 82.7 Å². The van der Waals surface area contributed by atoms with Crippen molar-refractivity contribution in [2.45, 2.75) is 6.04 Å². The molecule has 1 unspecified atom stereocenters. The highest BCUT2D eigenvalue weighted by atomic mass is 16.2. The van der Waals surface area contributed by atoms with Gasteiger partial charge in [-0.05, 0) is 19.7 Å². The van der Waals surface area contributed by atoms with E-state index < -0.39 is 6.04 Å². The van der Waals surface area contributed by atoms with Crippen LogP contribution < -0.4 is 0 Å². The largest absolute Gasteiger partial charge is 0.354 e. The molecule has 0 radical (unpaired) electrons. The maximum Gasteiger partial charge on any atom is 0.254 e. The summed E-state index contributed by atoms with van der Waals surface area (Å²) in [6.45, 7) is 0.917. The molecule has 0 N–H and O–H groups in total. The van der Waals surface area contributed by atoms with Crippen molar-refractivity contribution < 1.29 is 14.4 Å². The first-order valence-corrected chi connectivity index (χ1v) is 9.58. The van der Waals surface area contributed by atoms with E-state index in [1.165, 1.54) is 4.90 Å². The molecule has 1 aliphatic carbocycles. The Kier molecular flexibility index (Phi) is 4.80. The van der Waals surface area contributed by atoms with Gasteiger partial charge in [-0.3, -0.25) is 14.4 Å². The lowest BCUT2D eigenvalue weighted by atomic mass is 9.86. The van der Waals surface area contributed by atoms with Crippen LogP contribution in [0.5, 0.6) is 0 Å². The monoisotopic (exact) mass is 389 g/mol. The third kappa shape index (κ3) is 3.06. The zero-order chi connectivity index (χ0) is 20.7. The molecule has 0 fully saturated rings. The predicted octanol–water partition coefficient (Wildman–Crippen LogP) is 2.35. The maximum atomic E-state index is 13.5. The number of rotatable bonds is 4. The highest BCUT2D eigenvalue weighted by molar-refractivity contribution is 6.28. The van der Waals surface area contributed by atoms with Gasteiger partial charge in [0.05, 0.1) is 0 Å². The number of hydrogen-bond donors (Lipinski definition) is 0. The number of allylic oxidation sites excluding steroid dienone is 2. The van der Waals surface area contributed by atoms with Crippen molar-refractivity contribution in [2.24, 2.45) is 0 Å². The molecule has 29 heavy (non-hydrogen) atoms. The summed E-state index contributed by atoms with van der Waals surface area (Å²) >= 11 is 0. The number of fused-ring (bicyclic) bond motifs is 1. The minimum atomic E-state index is -0.654. The normalized spacial score (nSPS) is 19.0. The van der Waals surface area contributed by atoms with Gasteiger partial charge in [0.2, 0.25) is 11.6 Å². The Morgan fingerprint density at radius 1 is 0.828 bits per heavy atom. The first-order valence-electron chi connectivity index (χ1n) is 9.58. The van der Waals surface area contributed by atoms with Gasteiger partial charge in [0, 0.05) is 31.3 Å². The molecule has 0 bridgehead atoms. The summed E-state index contributed by atoms with van der Waals surface area (Å²) in [4.78, 5) is 45.4. The van der Waals surface area contributed by atoms with E-state index in [9.17, 15) is 14.4 Å². The summed E-state index contributed by atoms with van der Waals surface area (Å²) in [6.07, 6.45) is 0. The van der Waals surface area contributed by atoms with Crippen LogP contribution in [-0.4, -0.2) is 66.4 Å². The molecule has 0 saturated carbocycles. The first kappa shape index (κ1) is 19.1. The standard InChI is InChI=1S/C23H23N3O3/c1-24(2)13-14-26-20-19(21(27)16-11-7-8-12-17(16)22(20)28)25(3)18(23(26)29)15-9-5-4-6-10-15/h4-12,18H,13-14H2,1-3H3. The van der Waals surface area contributed by atoms with Gasteiger partial charge in [0.15, 0.2) is 0 Å². The zero-order valence-electron chi connectivity index (χ0n) is 16.8. The fourth-order valence-corrected chi connectivity index (χ4v) is 4.00. The molecule has 1 atom stereocenters. The number of Topliss-reactive ketones (excluding diaryl/α,β-unsaturated/α-hetero) is 2. The Labute approximate surface area is 170 Å². The minimum absolute atomic E-state index is 0.190. The third-order valence-corrected chi connectivity index (χ3v) is 5.47. The average molecular weight is 389 g/mol. The summed E-state index contributed by atoms with van der Waals surface area (Å²) in [5.41, 5.74) is 2.01. The molecule has 2 aromatic carbocycles. The number of carbonyl (C=O) groups is 3. The quantitative estimate of drug-likeness (QED) is 0.803. The molecule has 1 amide bonds. The van der Waals surface area contributed by atoms with Crippen molar-refractivity contribution in [1.29, 1.82) is 0 Å². The van der Waals surface area contributed by atoms with E-state index in [-0.39, 0.29) is 23.2 Å². The van der Waals surface area contributed by atoms with E-state index >= 15 is 0 Å². The number of nitrogens with zero attached hydrogens (tertiary/aromatic N) is 3. The van der Waals surface area contributed by atoms with Gasteiger partial charge in [-0.2, -0.15) is 0 Å². The van der Waals surface area contributed by atoms with Crippen molar-refractivity contribution >= 4 is 17.5 Å². The van der Waals surface area contributed by atoms with E-state index in [0.29, 0.717) is 29.9 Å². The van der Waals surface area contributed by atoms with Crippen LogP contribution in [0.1, 0.15) is 32.3 Å². The molecule has 1 aliphatic heterocycles. The summed E-state index contributed by atoms with van der Waals surface area (Å²) in [5, 5.41) is 0. The number of likely N-dealkylation sites (N-methyl/N-ethyl adjacent to an activating group) is 2. The van der Waals surface area contributed by atoms with Gasteiger partial charge in [0.25, 0.3) is 5.91 Å². The Morgan fingerprint density at radius 2 is 1.38 bits per heavy atom. The summed E-state index contributed by atoms with van der Waals surface area (Å²) in [5.74, 6) is -0.693. The van der Waals surface area contributed by atoms with Gasteiger partial charge < -0.3 is 14.7 Å². The average Bonchev–Trinajstić information content (AvgIpc) is 2.72. The van der Waals surface area contributed by atoms with E-state index in [1.807, 2.05) is 49.3 Å². The maximum absolute atomic E-state index is 13.5. The fourth-order valence-electron chi connectivity index (χ4n) is 4.00. The second-order valence-electron chi connectivity index (χ2n) is 7.62. The summed E-state index contributed by atoms with van der Waals surface area (Å²) in [7, 11) is 5.54. The topological polar surface area (TPSA) is 60.9 Å². The number of hydrogen-bond acceptors (Lipinski definition) is 5. The zero-order valence-corrected chi connectivity index (χ0v) is 16.8. The number of ketones is 2. The molecule has 2 aliphatic rings. The van der Waals surface area contributed by atoms with Crippen molar-refractivity contribution in [1.82, 2.24) is 14.7 Å². The van der Waals surface area contributed by atoms with Crippen LogP contribution >= 0.6 is 0 Å². The van der Waals surface area contributed by atoms with Crippen LogP contribution in [-0.2, 0) is 4.79 Å². The van der Waals surface area contributed by atoms with Gasteiger partial charge >= 0.3 is 0 Å². The lowest BCUT2D eigenvalue weighted by Gasteiger charge is -2.43. The Bertz CT molecular complexity index is 1030. The molecule has 1 heterocycles. The van der Waals surface area contributed by atoms with E-state index in [1.54, 1.807) is 36.2 Å². The van der Waals surface area contributed by atoms with Gasteiger partial charge in [-0.25, -0.2) is 0 Å². The van der Waals surface area contributed by atoms with Gasteiger partial charge in [0.1, 0.15) is 17.4 Å². The summed E-state index contributed by atoms with van der Waals surface area (Å²) in [6, 6.07) is 15.5. The van der Waals surface area contributed by atoms with E-state index in [0.717, 1.165) is 5.56 Å². The van der Waals surface area contributed by atoms with Crippen molar-refractivity contribution in [2.75, 3.05) is 34.2 Å². The predicted molar refractivity (Wildman–Crippen MR) is 109 cm³/mol. The van der Waals surface area contributed by atoms with Gasteiger partial charge in [-0.1, -0.05) is 54.6 Å². The first-order chi connectivity index (χ1) is 13.9. The number of amides is 1. The number of benzene rings is 2. The number of carbonyl (C=O) groups excluding carboxylic acids is 3. The molecule has 2 aromatic rings. The third-order valence-electron chi connectivity index (χ3n) is 5.47. The molecule has 148 valence electrons. The van der Waals surface area contributed by atoms with Crippen LogP contribution in [0.2, 0.25) is 0 Å². The molecule has 0 spiro atoms. The lowest BCUT2D eigenvalue weighted by molar-refractivity contribution is -0.135. The fraction of sp³-hybridized carbons (Fsp3) is 0.261. The molecule has 0 aromatic heterocycles. The van der Waals surface area contributed by atoms with E-state index in [2.05, 4.69) is 0 Å². The van der Waals surface area contributed by atoms with Crippen molar-refractivity contribution in [3.63, 3.8) is 0 Å². The highest BCUT2D eigenvalue weighted by Crippen LogP contribution is 2.39. The Hall–Kier alpha value is -3.25. The van der Waals surface area contributed by atoms with Crippen LogP contribution in [0.25, 0.3) is 0 Å². The molecule has 4 rings (SSSR count). The highest BCUT2D eigenvalue weighted by Gasteiger charge is 2.47. The Balaban J connectivity index is 1.89. The van der Waals surface area contributed by atoms with E-state index in [4.69, 9.17) is 0 Å². The molecule has 6 nitrogen and oxygen atoms in total. The molecule has 6 heteroatoms. The van der Waals surface area contributed by atoms with Gasteiger partial charge in [-0.15, -0.1) is 0 Å². The molecular weight excluding hydrogens is 366 g/mol.